The highest BCUT2D eigenvalue weighted by Gasteiger charge is 2.44. The summed E-state index contributed by atoms with van der Waals surface area (Å²) in [4.78, 5) is 119. The molecule has 19 heteroatoms. The van der Waals surface area contributed by atoms with Crippen LogP contribution in [0.2, 0.25) is 0 Å². The first-order chi connectivity index (χ1) is 30.8. The van der Waals surface area contributed by atoms with E-state index in [4.69, 9.17) is 4.74 Å². The standard InChI is InChI=1S/C46H65N7O12/c1-7-23-53(37(55)21-19-31-15-11-9-12-16-31)51-44(62)36-24-33(65-27-32-17-13-10-14-18-32)26-52(36)46(64)40(28(3)4)49-45(63)41(29(5)8-2)50-42(60)34(20-22-38(56)57)48-43(61)35(25-39(58)59)47-30(6)54/h9-18,28-29,33-36,40-41H,7-8,19-27H2,1-6H3,(H,47,54)(H,48,61)(H,49,63)(H,50,60)(H,51,62)(H,56,57)(H,58,59)/t29-,33+,34+,35-,36-,40-,41-/m0/s1. The topological polar surface area (TPSA) is 270 Å². The molecule has 1 fully saturated rings. The molecular formula is C46H65N7O12. The van der Waals surface area contributed by atoms with E-state index in [1.54, 1.807) is 27.7 Å². The van der Waals surface area contributed by atoms with Crippen molar-refractivity contribution in [2.45, 2.75) is 136 Å². The molecule has 7 amide bonds. The molecule has 0 unspecified atom stereocenters. The zero-order valence-electron chi connectivity index (χ0n) is 38.0. The molecule has 0 aliphatic carbocycles. The summed E-state index contributed by atoms with van der Waals surface area (Å²) in [7, 11) is 0. The molecule has 1 saturated heterocycles. The number of ether oxygens (including phenoxy) is 1. The van der Waals surface area contributed by atoms with Gasteiger partial charge in [-0.3, -0.25) is 53.6 Å². The lowest BCUT2D eigenvalue weighted by Crippen LogP contribution is -2.61. The van der Waals surface area contributed by atoms with Crippen LogP contribution in [0.3, 0.4) is 0 Å². The van der Waals surface area contributed by atoms with Crippen molar-refractivity contribution in [2.24, 2.45) is 11.8 Å². The van der Waals surface area contributed by atoms with E-state index in [1.165, 1.54) is 9.91 Å². The van der Waals surface area contributed by atoms with E-state index < -0.39 is 115 Å². The fraction of sp³-hybridized carbons (Fsp3) is 0.543. The molecule has 0 aromatic heterocycles. The van der Waals surface area contributed by atoms with Crippen LogP contribution in [-0.2, 0) is 60.9 Å². The summed E-state index contributed by atoms with van der Waals surface area (Å²) < 4.78 is 6.22. The number of hydrogen-bond acceptors (Lipinski definition) is 10. The molecule has 1 aliphatic rings. The fourth-order valence-electron chi connectivity index (χ4n) is 7.23. The Balaban J connectivity index is 1.88. The number of aliphatic carboxylic acids is 2. The molecule has 0 spiro atoms. The Bertz CT molecular complexity index is 1930. The number of likely N-dealkylation sites (tertiary alicyclic amines) is 1. The zero-order valence-corrected chi connectivity index (χ0v) is 38.0. The third-order valence-electron chi connectivity index (χ3n) is 11.0. The lowest BCUT2D eigenvalue weighted by Gasteiger charge is -2.33. The molecule has 0 radical (unpaired) electrons. The van der Waals surface area contributed by atoms with Gasteiger partial charge in [0.1, 0.15) is 30.2 Å². The third kappa shape index (κ3) is 17.3. The minimum absolute atomic E-state index is 0.0174. The second-order valence-corrected chi connectivity index (χ2v) is 16.6. The highest BCUT2D eigenvalue weighted by molar-refractivity contribution is 5.97. The van der Waals surface area contributed by atoms with Crippen LogP contribution >= 0.6 is 0 Å². The van der Waals surface area contributed by atoms with Crippen molar-refractivity contribution in [2.75, 3.05) is 13.1 Å². The molecule has 2 aromatic carbocycles. The fourth-order valence-corrected chi connectivity index (χ4v) is 7.23. The molecule has 0 bridgehead atoms. The van der Waals surface area contributed by atoms with Crippen LogP contribution in [0.15, 0.2) is 60.7 Å². The number of nitrogens with one attached hydrogen (secondary N) is 5. The molecule has 3 rings (SSSR count). The van der Waals surface area contributed by atoms with Gasteiger partial charge in [0.25, 0.3) is 5.91 Å². The van der Waals surface area contributed by atoms with E-state index in [9.17, 15) is 53.4 Å². The smallest absolute Gasteiger partial charge is 0.305 e. The molecular weight excluding hydrogens is 843 g/mol. The van der Waals surface area contributed by atoms with Crippen LogP contribution in [0, 0.1) is 11.8 Å². The normalized spacial score (nSPS) is 16.8. The Kier molecular flexibility index (Phi) is 21.5. The Labute approximate surface area is 379 Å². The highest BCUT2D eigenvalue weighted by atomic mass is 16.5. The van der Waals surface area contributed by atoms with Gasteiger partial charge in [-0.05, 0) is 42.2 Å². The maximum absolute atomic E-state index is 14.7. The Hall–Kier alpha value is -6.37. The molecule has 356 valence electrons. The number of nitrogens with zero attached hydrogens (tertiary/aromatic N) is 2. The average Bonchev–Trinajstić information content (AvgIpc) is 3.71. The van der Waals surface area contributed by atoms with Crippen molar-refractivity contribution in [3.63, 3.8) is 0 Å². The maximum Gasteiger partial charge on any atom is 0.305 e. The summed E-state index contributed by atoms with van der Waals surface area (Å²) in [6, 6.07) is 12.0. The molecule has 0 saturated carbocycles. The number of amides is 7. The third-order valence-corrected chi connectivity index (χ3v) is 11.0. The number of hydrazine groups is 1. The van der Waals surface area contributed by atoms with E-state index in [2.05, 4.69) is 26.7 Å². The number of hydrogen-bond donors (Lipinski definition) is 7. The van der Waals surface area contributed by atoms with E-state index in [1.807, 2.05) is 67.6 Å². The number of aryl methyl sites for hydroxylation is 1. The van der Waals surface area contributed by atoms with Crippen LogP contribution in [-0.4, -0.2) is 123 Å². The predicted octanol–water partition coefficient (Wildman–Crippen LogP) is 2.08. The van der Waals surface area contributed by atoms with Crippen molar-refractivity contribution in [1.82, 2.24) is 36.6 Å². The minimum atomic E-state index is -1.59. The summed E-state index contributed by atoms with van der Waals surface area (Å²) in [5.41, 5.74) is 4.59. The van der Waals surface area contributed by atoms with Gasteiger partial charge in [-0.25, -0.2) is 0 Å². The van der Waals surface area contributed by atoms with Gasteiger partial charge in [0.15, 0.2) is 0 Å². The molecule has 7 N–H and O–H groups in total. The van der Waals surface area contributed by atoms with Gasteiger partial charge < -0.3 is 41.1 Å². The lowest BCUT2D eigenvalue weighted by molar-refractivity contribution is -0.147. The maximum atomic E-state index is 14.7. The molecule has 2 aromatic rings. The van der Waals surface area contributed by atoms with Gasteiger partial charge in [0, 0.05) is 39.3 Å². The van der Waals surface area contributed by atoms with E-state index in [-0.39, 0.29) is 38.4 Å². The van der Waals surface area contributed by atoms with Crippen LogP contribution in [0.1, 0.15) is 97.6 Å². The average molecular weight is 908 g/mol. The SMILES string of the molecule is CCCN(NC(=O)[C@@H]1C[C@@H](OCc2ccccc2)CN1C(=O)[C@@H](NC(=O)[C@@H](NC(=O)[C@@H](CCC(=O)O)NC(=O)[C@H](CC(=O)O)NC(C)=O)[C@@H](C)CC)C(C)C)C(=O)CCc1ccccc1. The van der Waals surface area contributed by atoms with Crippen LogP contribution < -0.4 is 26.7 Å². The van der Waals surface area contributed by atoms with Gasteiger partial charge in [-0.2, -0.15) is 0 Å². The summed E-state index contributed by atoms with van der Waals surface area (Å²) in [5.74, 6) is -8.89. The van der Waals surface area contributed by atoms with Crippen molar-refractivity contribution in [1.29, 1.82) is 0 Å². The Morgan fingerprint density at radius 1 is 0.754 bits per heavy atom. The first-order valence-corrected chi connectivity index (χ1v) is 22.1. The van der Waals surface area contributed by atoms with Crippen LogP contribution in [0.25, 0.3) is 0 Å². The number of carboxylic acid groups (broad SMARTS) is 2. The summed E-state index contributed by atoms with van der Waals surface area (Å²) in [6.07, 6.45) is -0.909. The van der Waals surface area contributed by atoms with Crippen LogP contribution in [0.5, 0.6) is 0 Å². The largest absolute Gasteiger partial charge is 0.481 e. The van der Waals surface area contributed by atoms with E-state index in [0.717, 1.165) is 18.1 Å². The molecule has 1 aliphatic heterocycles. The molecule has 7 atom stereocenters. The summed E-state index contributed by atoms with van der Waals surface area (Å²) in [5, 5.41) is 29.8. The quantitative estimate of drug-likeness (QED) is 0.0707. The highest BCUT2D eigenvalue weighted by Crippen LogP contribution is 2.25. The second-order valence-electron chi connectivity index (χ2n) is 16.6. The first-order valence-electron chi connectivity index (χ1n) is 22.1. The van der Waals surface area contributed by atoms with Crippen molar-refractivity contribution in [3.8, 4) is 0 Å². The number of carboxylic acids is 2. The lowest BCUT2D eigenvalue weighted by atomic mass is 9.95. The van der Waals surface area contributed by atoms with Crippen molar-refractivity contribution >= 4 is 53.3 Å². The van der Waals surface area contributed by atoms with Crippen molar-refractivity contribution in [3.05, 3.63) is 71.8 Å². The van der Waals surface area contributed by atoms with Gasteiger partial charge >= 0.3 is 11.9 Å². The van der Waals surface area contributed by atoms with Crippen LogP contribution in [0.4, 0.5) is 0 Å². The Morgan fingerprint density at radius 3 is 1.91 bits per heavy atom. The zero-order chi connectivity index (χ0) is 48.2. The summed E-state index contributed by atoms with van der Waals surface area (Å²) in [6.45, 7) is 10.2. The van der Waals surface area contributed by atoms with E-state index in [0.29, 0.717) is 19.3 Å². The predicted molar refractivity (Wildman–Crippen MR) is 237 cm³/mol. The van der Waals surface area contributed by atoms with Gasteiger partial charge in [-0.15, -0.1) is 0 Å². The monoisotopic (exact) mass is 907 g/mol. The molecule has 1 heterocycles. The first kappa shape index (κ1) is 53.0. The minimum Gasteiger partial charge on any atom is -0.481 e. The summed E-state index contributed by atoms with van der Waals surface area (Å²) >= 11 is 0. The number of carbonyl (C=O) groups is 9. The molecule has 65 heavy (non-hydrogen) atoms. The van der Waals surface area contributed by atoms with E-state index >= 15 is 0 Å². The van der Waals surface area contributed by atoms with Gasteiger partial charge in [0.2, 0.25) is 35.4 Å². The van der Waals surface area contributed by atoms with Gasteiger partial charge in [-0.1, -0.05) is 102 Å². The number of carbonyl (C=O) groups excluding carboxylic acids is 7. The van der Waals surface area contributed by atoms with Gasteiger partial charge in [0.05, 0.1) is 19.1 Å². The second kappa shape index (κ2) is 26.4. The van der Waals surface area contributed by atoms with Crippen molar-refractivity contribution < 1.29 is 58.1 Å². The Morgan fingerprint density at radius 2 is 1.35 bits per heavy atom. The molecule has 19 nitrogen and oxygen atoms in total. The number of rotatable bonds is 25. The number of benzene rings is 2.